The lowest BCUT2D eigenvalue weighted by Gasteiger charge is -2.37. The van der Waals surface area contributed by atoms with Gasteiger partial charge in [0, 0.05) is 13.8 Å². The Morgan fingerprint density at radius 2 is 1.91 bits per heavy atom. The highest BCUT2D eigenvalue weighted by Crippen LogP contribution is 2.11. The van der Waals surface area contributed by atoms with Crippen LogP contribution in [0.25, 0.3) is 0 Å². The number of ether oxygens (including phenoxy) is 1. The molecule has 0 bridgehead atoms. The van der Waals surface area contributed by atoms with Gasteiger partial charge in [-0.2, -0.15) is 0 Å². The van der Waals surface area contributed by atoms with Gasteiger partial charge >= 0.3 is 5.97 Å². The van der Waals surface area contributed by atoms with Gasteiger partial charge in [-0.3, -0.25) is 9.59 Å². The first-order valence-corrected chi connectivity index (χ1v) is 3.52. The molecule has 1 heterocycles. The molecule has 0 saturated carbocycles. The van der Waals surface area contributed by atoms with Crippen LogP contribution in [0.15, 0.2) is 0 Å². The first kappa shape index (κ1) is 8.04. The lowest BCUT2D eigenvalue weighted by atomic mass is 10.2. The van der Waals surface area contributed by atoms with Crippen molar-refractivity contribution in [2.45, 2.75) is 20.0 Å². The topological polar surface area (TPSA) is 46.6 Å². The quantitative estimate of drug-likeness (QED) is 0.494. The lowest BCUT2D eigenvalue weighted by molar-refractivity contribution is -0.160. The SMILES string of the molecule is CC(=O)OC1CN(C(C)=O)C1. The maximum Gasteiger partial charge on any atom is 0.303 e. The minimum absolute atomic E-state index is 0.0356. The molecule has 1 aliphatic rings. The van der Waals surface area contributed by atoms with Crippen LogP contribution < -0.4 is 0 Å². The standard InChI is InChI=1S/C7H11NO3/c1-5(9)8-3-7(4-8)11-6(2)10/h7H,3-4H2,1-2H3. The molecule has 0 aromatic heterocycles. The van der Waals surface area contributed by atoms with Crippen molar-refractivity contribution in [2.24, 2.45) is 0 Å². The van der Waals surface area contributed by atoms with E-state index in [2.05, 4.69) is 0 Å². The largest absolute Gasteiger partial charge is 0.459 e. The summed E-state index contributed by atoms with van der Waals surface area (Å²) in [5.74, 6) is -0.244. The number of carbonyl (C=O) groups is 2. The molecule has 0 atom stereocenters. The Kier molecular flexibility index (Phi) is 2.12. The van der Waals surface area contributed by atoms with Crippen molar-refractivity contribution in [3.8, 4) is 0 Å². The normalized spacial score (nSPS) is 17.5. The van der Waals surface area contributed by atoms with Gasteiger partial charge in [0.2, 0.25) is 5.91 Å². The maximum atomic E-state index is 10.6. The van der Waals surface area contributed by atoms with Gasteiger partial charge < -0.3 is 9.64 Å². The summed E-state index contributed by atoms with van der Waals surface area (Å²) < 4.78 is 4.83. The first-order valence-electron chi connectivity index (χ1n) is 3.52. The van der Waals surface area contributed by atoms with Gasteiger partial charge in [0.05, 0.1) is 13.1 Å². The van der Waals surface area contributed by atoms with Crippen LogP contribution in [-0.4, -0.2) is 36.0 Å². The van der Waals surface area contributed by atoms with E-state index in [9.17, 15) is 9.59 Å². The number of carbonyl (C=O) groups excluding carboxylic acids is 2. The molecule has 1 saturated heterocycles. The van der Waals surface area contributed by atoms with E-state index in [1.54, 1.807) is 4.90 Å². The Balaban J connectivity index is 2.19. The van der Waals surface area contributed by atoms with Crippen molar-refractivity contribution >= 4 is 11.9 Å². The predicted octanol–water partition coefficient (Wildman–Crippen LogP) is -0.220. The van der Waals surface area contributed by atoms with Gasteiger partial charge in [-0.1, -0.05) is 0 Å². The van der Waals surface area contributed by atoms with Gasteiger partial charge in [0.25, 0.3) is 0 Å². The fraction of sp³-hybridized carbons (Fsp3) is 0.714. The Morgan fingerprint density at radius 1 is 1.36 bits per heavy atom. The van der Waals surface area contributed by atoms with Crippen molar-refractivity contribution in [1.29, 1.82) is 0 Å². The van der Waals surface area contributed by atoms with Crippen molar-refractivity contribution < 1.29 is 14.3 Å². The Hall–Kier alpha value is -1.06. The number of likely N-dealkylation sites (tertiary alicyclic amines) is 1. The molecule has 4 nitrogen and oxygen atoms in total. The van der Waals surface area contributed by atoms with Gasteiger partial charge in [-0.15, -0.1) is 0 Å². The first-order chi connectivity index (χ1) is 5.09. The Bertz CT molecular complexity index is 184. The molecule has 0 aromatic carbocycles. The van der Waals surface area contributed by atoms with E-state index in [0.717, 1.165) is 0 Å². The third-order valence-electron chi connectivity index (χ3n) is 1.63. The van der Waals surface area contributed by atoms with Crippen molar-refractivity contribution in [1.82, 2.24) is 4.90 Å². The molecule has 0 spiro atoms. The predicted molar refractivity (Wildman–Crippen MR) is 37.8 cm³/mol. The van der Waals surface area contributed by atoms with Crippen LogP contribution in [0, 0.1) is 0 Å². The highest BCUT2D eigenvalue weighted by molar-refractivity contribution is 5.74. The summed E-state index contributed by atoms with van der Waals surface area (Å²) >= 11 is 0. The summed E-state index contributed by atoms with van der Waals surface area (Å²) in [6.07, 6.45) is -0.0728. The van der Waals surface area contributed by atoms with Crippen molar-refractivity contribution in [2.75, 3.05) is 13.1 Å². The van der Waals surface area contributed by atoms with Gasteiger partial charge in [-0.05, 0) is 0 Å². The van der Waals surface area contributed by atoms with Gasteiger partial charge in [-0.25, -0.2) is 0 Å². The van der Waals surface area contributed by atoms with E-state index in [-0.39, 0.29) is 18.0 Å². The average molecular weight is 157 g/mol. The molecule has 4 heteroatoms. The number of hydrogen-bond donors (Lipinski definition) is 0. The molecule has 62 valence electrons. The van der Waals surface area contributed by atoms with E-state index in [1.807, 2.05) is 0 Å². The van der Waals surface area contributed by atoms with Crippen LogP contribution in [0.5, 0.6) is 0 Å². The Morgan fingerprint density at radius 3 is 2.27 bits per heavy atom. The third kappa shape index (κ3) is 1.93. The number of nitrogens with zero attached hydrogens (tertiary/aromatic N) is 1. The number of rotatable bonds is 1. The summed E-state index contributed by atoms with van der Waals surface area (Å²) in [4.78, 5) is 22.7. The molecule has 1 aliphatic heterocycles. The second-order valence-electron chi connectivity index (χ2n) is 2.66. The molecule has 1 fully saturated rings. The van der Waals surface area contributed by atoms with Crippen LogP contribution >= 0.6 is 0 Å². The number of hydrogen-bond acceptors (Lipinski definition) is 3. The molecule has 11 heavy (non-hydrogen) atoms. The fourth-order valence-corrected chi connectivity index (χ4v) is 1.00. The number of esters is 1. The Labute approximate surface area is 65.1 Å². The molecule has 0 aliphatic carbocycles. The summed E-state index contributed by atoms with van der Waals surface area (Å²) in [6.45, 7) is 3.98. The molecule has 0 unspecified atom stereocenters. The van der Waals surface area contributed by atoms with Crippen molar-refractivity contribution in [3.63, 3.8) is 0 Å². The second kappa shape index (κ2) is 2.90. The van der Waals surface area contributed by atoms with Crippen LogP contribution in [0.2, 0.25) is 0 Å². The van der Waals surface area contributed by atoms with E-state index in [1.165, 1.54) is 13.8 Å². The molecule has 1 amide bonds. The highest BCUT2D eigenvalue weighted by atomic mass is 16.5. The molecule has 1 rings (SSSR count). The molecule has 0 radical (unpaired) electrons. The molecular weight excluding hydrogens is 146 g/mol. The third-order valence-corrected chi connectivity index (χ3v) is 1.63. The highest BCUT2D eigenvalue weighted by Gasteiger charge is 2.30. The van der Waals surface area contributed by atoms with Gasteiger partial charge in [0.1, 0.15) is 6.10 Å². The average Bonchev–Trinajstić information content (AvgIpc) is 1.75. The zero-order valence-electron chi connectivity index (χ0n) is 6.66. The van der Waals surface area contributed by atoms with Crippen LogP contribution in [0.3, 0.4) is 0 Å². The fourth-order valence-electron chi connectivity index (χ4n) is 1.00. The van der Waals surface area contributed by atoms with Crippen molar-refractivity contribution in [3.05, 3.63) is 0 Å². The van der Waals surface area contributed by atoms with E-state index < -0.39 is 0 Å². The van der Waals surface area contributed by atoms with E-state index >= 15 is 0 Å². The minimum Gasteiger partial charge on any atom is -0.459 e. The monoisotopic (exact) mass is 157 g/mol. The van der Waals surface area contributed by atoms with Crippen LogP contribution in [-0.2, 0) is 14.3 Å². The molecular formula is C7H11NO3. The smallest absolute Gasteiger partial charge is 0.303 e. The maximum absolute atomic E-state index is 10.6. The number of amides is 1. The summed E-state index contributed by atoms with van der Waals surface area (Å²) in [7, 11) is 0. The zero-order valence-corrected chi connectivity index (χ0v) is 6.66. The summed E-state index contributed by atoms with van der Waals surface area (Å²) in [5.41, 5.74) is 0. The van der Waals surface area contributed by atoms with Crippen LogP contribution in [0.4, 0.5) is 0 Å². The molecule has 0 N–H and O–H groups in total. The lowest BCUT2D eigenvalue weighted by Crippen LogP contribution is -2.54. The van der Waals surface area contributed by atoms with E-state index in [4.69, 9.17) is 4.74 Å². The zero-order chi connectivity index (χ0) is 8.43. The molecule has 0 aromatic rings. The second-order valence-corrected chi connectivity index (χ2v) is 2.66. The van der Waals surface area contributed by atoms with Gasteiger partial charge in [0.15, 0.2) is 0 Å². The minimum atomic E-state index is -0.279. The van der Waals surface area contributed by atoms with Crippen LogP contribution in [0.1, 0.15) is 13.8 Å². The van der Waals surface area contributed by atoms with E-state index in [0.29, 0.717) is 13.1 Å². The summed E-state index contributed by atoms with van der Waals surface area (Å²) in [6, 6.07) is 0. The summed E-state index contributed by atoms with van der Waals surface area (Å²) in [5, 5.41) is 0.